The maximum absolute atomic E-state index is 14.3. The number of aromatic nitrogens is 2. The molecule has 1 unspecified atom stereocenters. The smallest absolute Gasteiger partial charge is 0.408 e. The number of ether oxygens (including phenoxy) is 1. The minimum Gasteiger partial charge on any atom is -0.445 e. The first-order valence-corrected chi connectivity index (χ1v) is 15.0. The van der Waals surface area contributed by atoms with Crippen molar-refractivity contribution in [2.75, 3.05) is 13.1 Å². The summed E-state index contributed by atoms with van der Waals surface area (Å²) < 4.78 is 5.45. The maximum atomic E-state index is 14.3. The minimum absolute atomic E-state index is 0.0549. The van der Waals surface area contributed by atoms with Gasteiger partial charge in [-0.25, -0.2) is 9.78 Å². The maximum Gasteiger partial charge on any atom is 0.408 e. The molecule has 0 aliphatic carbocycles. The van der Waals surface area contributed by atoms with Gasteiger partial charge in [0.05, 0.1) is 12.9 Å². The summed E-state index contributed by atoms with van der Waals surface area (Å²) in [5.74, 6) is -0.620. The average molecular weight is 604 g/mol. The van der Waals surface area contributed by atoms with Gasteiger partial charge in [-0.15, -0.1) is 0 Å². The largest absolute Gasteiger partial charge is 0.445 e. The Morgan fingerprint density at radius 2 is 1.60 bits per heavy atom. The molecule has 45 heavy (non-hydrogen) atoms. The molecule has 5 rings (SSSR count). The highest BCUT2D eigenvalue weighted by molar-refractivity contribution is 5.91. The number of nitrogens with zero attached hydrogens (tertiary/aromatic N) is 2. The molecule has 1 aromatic heterocycles. The number of alkyl carbamates (subject to hydrolysis) is 1. The molecule has 9 nitrogen and oxygen atoms in total. The summed E-state index contributed by atoms with van der Waals surface area (Å²) in [6.07, 6.45) is 2.52. The SMILES string of the molecule is CC(CNC(=O)CN(Cc1cccc2ccccc12)C(=O)[C@H](Cc1cnc[nH]1)NC(=O)OCc1ccccc1)c1ccccc1. The fraction of sp³-hybridized carbons (Fsp3) is 0.222. The summed E-state index contributed by atoms with van der Waals surface area (Å²) in [7, 11) is 0. The Hall–Kier alpha value is -5.44. The van der Waals surface area contributed by atoms with E-state index in [-0.39, 0.29) is 37.9 Å². The third kappa shape index (κ3) is 8.79. The predicted molar refractivity (Wildman–Crippen MR) is 173 cm³/mol. The minimum atomic E-state index is -1.01. The van der Waals surface area contributed by atoms with E-state index >= 15 is 0 Å². The first-order valence-electron chi connectivity index (χ1n) is 15.0. The number of carbonyl (C=O) groups is 3. The Morgan fingerprint density at radius 3 is 2.36 bits per heavy atom. The van der Waals surface area contributed by atoms with Gasteiger partial charge in [0.15, 0.2) is 0 Å². The Bertz CT molecular complexity index is 1690. The van der Waals surface area contributed by atoms with E-state index in [1.165, 1.54) is 11.2 Å². The summed E-state index contributed by atoms with van der Waals surface area (Å²) in [5, 5.41) is 7.74. The van der Waals surface area contributed by atoms with Crippen molar-refractivity contribution in [2.24, 2.45) is 0 Å². The van der Waals surface area contributed by atoms with E-state index in [1.807, 2.05) is 110 Å². The highest BCUT2D eigenvalue weighted by Gasteiger charge is 2.29. The average Bonchev–Trinajstić information content (AvgIpc) is 3.59. The van der Waals surface area contributed by atoms with Crippen molar-refractivity contribution < 1.29 is 19.1 Å². The predicted octanol–water partition coefficient (Wildman–Crippen LogP) is 5.35. The monoisotopic (exact) mass is 603 g/mol. The van der Waals surface area contributed by atoms with Crippen LogP contribution in [0.4, 0.5) is 4.79 Å². The van der Waals surface area contributed by atoms with Gasteiger partial charge in [0.2, 0.25) is 11.8 Å². The van der Waals surface area contributed by atoms with Gasteiger partial charge in [-0.2, -0.15) is 0 Å². The third-order valence-electron chi connectivity index (χ3n) is 7.64. The molecule has 0 aliphatic heterocycles. The number of imidazole rings is 1. The molecule has 4 aromatic carbocycles. The molecule has 0 saturated carbocycles. The Kier molecular flexibility index (Phi) is 10.6. The Morgan fingerprint density at radius 1 is 0.889 bits per heavy atom. The Labute approximate surface area is 262 Å². The van der Waals surface area contributed by atoms with Gasteiger partial charge >= 0.3 is 6.09 Å². The number of fused-ring (bicyclic) bond motifs is 1. The number of nitrogens with one attached hydrogen (secondary N) is 3. The highest BCUT2D eigenvalue weighted by Crippen LogP contribution is 2.21. The quantitative estimate of drug-likeness (QED) is 0.168. The standard InChI is InChI=1S/C36H37N5O4/c1-26(28-13-6-3-7-14-28)20-38-34(42)23-41(22-30-17-10-16-29-15-8-9-18-32(29)30)35(43)33(19-31-21-37-25-39-31)40-36(44)45-24-27-11-4-2-5-12-27/h2-18,21,25-26,33H,19-20,22-24H2,1H3,(H,37,39)(H,38,42)(H,40,44)/t26?,33-/m0/s1. The molecule has 2 atom stereocenters. The van der Waals surface area contributed by atoms with Crippen LogP contribution in [0.3, 0.4) is 0 Å². The summed E-state index contributed by atoms with van der Waals surface area (Å²) in [4.78, 5) is 49.1. The number of benzene rings is 4. The first-order chi connectivity index (χ1) is 22.0. The zero-order valence-electron chi connectivity index (χ0n) is 25.2. The van der Waals surface area contributed by atoms with Crippen molar-refractivity contribution in [2.45, 2.75) is 38.5 Å². The van der Waals surface area contributed by atoms with Crippen LogP contribution in [0.25, 0.3) is 10.8 Å². The lowest BCUT2D eigenvalue weighted by Gasteiger charge is -2.28. The third-order valence-corrected chi connectivity index (χ3v) is 7.64. The van der Waals surface area contributed by atoms with E-state index < -0.39 is 18.0 Å². The molecule has 0 aliphatic rings. The number of hydrogen-bond donors (Lipinski definition) is 3. The van der Waals surface area contributed by atoms with E-state index in [1.54, 1.807) is 6.20 Å². The van der Waals surface area contributed by atoms with E-state index in [2.05, 4.69) is 20.6 Å². The molecule has 0 bridgehead atoms. The topological polar surface area (TPSA) is 116 Å². The van der Waals surface area contributed by atoms with E-state index in [0.29, 0.717) is 12.2 Å². The molecule has 0 fully saturated rings. The van der Waals surface area contributed by atoms with E-state index in [4.69, 9.17) is 4.74 Å². The molecule has 0 radical (unpaired) electrons. The summed E-state index contributed by atoms with van der Waals surface area (Å²) >= 11 is 0. The number of amides is 3. The molecule has 0 saturated heterocycles. The van der Waals surface area contributed by atoms with Crippen LogP contribution in [0.1, 0.15) is 35.2 Å². The molecule has 1 heterocycles. The second-order valence-corrected chi connectivity index (χ2v) is 11.0. The van der Waals surface area contributed by atoms with Gasteiger partial charge in [-0.1, -0.05) is 110 Å². The molecule has 5 aromatic rings. The fourth-order valence-corrected chi connectivity index (χ4v) is 5.19. The van der Waals surface area contributed by atoms with Gasteiger partial charge < -0.3 is 25.3 Å². The van der Waals surface area contributed by atoms with Crippen LogP contribution in [0, 0.1) is 0 Å². The molecular formula is C36H37N5O4. The summed E-state index contributed by atoms with van der Waals surface area (Å²) in [6.45, 7) is 2.49. The number of rotatable bonds is 13. The van der Waals surface area contributed by atoms with Gasteiger partial charge in [0.1, 0.15) is 12.6 Å². The van der Waals surface area contributed by atoms with Crippen molar-refractivity contribution in [3.8, 4) is 0 Å². The number of hydrogen-bond acceptors (Lipinski definition) is 5. The van der Waals surface area contributed by atoms with Crippen molar-refractivity contribution in [3.05, 3.63) is 138 Å². The van der Waals surface area contributed by atoms with Crippen LogP contribution in [-0.4, -0.2) is 51.9 Å². The van der Waals surface area contributed by atoms with E-state index in [0.717, 1.165) is 27.5 Å². The van der Waals surface area contributed by atoms with Gasteiger partial charge in [-0.3, -0.25) is 9.59 Å². The first kappa shape index (κ1) is 31.0. The van der Waals surface area contributed by atoms with Crippen LogP contribution in [0.5, 0.6) is 0 Å². The zero-order valence-corrected chi connectivity index (χ0v) is 25.2. The van der Waals surface area contributed by atoms with Crippen LogP contribution >= 0.6 is 0 Å². The van der Waals surface area contributed by atoms with Crippen LogP contribution in [0.2, 0.25) is 0 Å². The second-order valence-electron chi connectivity index (χ2n) is 11.0. The lowest BCUT2D eigenvalue weighted by molar-refractivity contribution is -0.138. The molecule has 3 N–H and O–H groups in total. The van der Waals surface area contributed by atoms with Gasteiger partial charge in [0.25, 0.3) is 0 Å². The summed E-state index contributed by atoms with van der Waals surface area (Å²) in [6, 6.07) is 32.0. The molecule has 3 amide bonds. The molecule has 9 heteroatoms. The fourth-order valence-electron chi connectivity index (χ4n) is 5.19. The highest BCUT2D eigenvalue weighted by atomic mass is 16.5. The normalized spacial score (nSPS) is 12.2. The lowest BCUT2D eigenvalue weighted by Crippen LogP contribution is -2.52. The van der Waals surface area contributed by atoms with Gasteiger partial charge in [-0.05, 0) is 33.4 Å². The van der Waals surface area contributed by atoms with Crippen molar-refractivity contribution in [1.82, 2.24) is 25.5 Å². The molecule has 0 spiro atoms. The zero-order chi connectivity index (χ0) is 31.4. The van der Waals surface area contributed by atoms with Crippen molar-refractivity contribution >= 4 is 28.7 Å². The lowest BCUT2D eigenvalue weighted by atomic mass is 10.0. The number of carbonyl (C=O) groups excluding carboxylic acids is 3. The number of H-pyrrole nitrogens is 1. The molecular weight excluding hydrogens is 566 g/mol. The van der Waals surface area contributed by atoms with Crippen molar-refractivity contribution in [1.29, 1.82) is 0 Å². The van der Waals surface area contributed by atoms with Gasteiger partial charge in [0, 0.05) is 31.4 Å². The Balaban J connectivity index is 1.35. The number of aromatic amines is 1. The van der Waals surface area contributed by atoms with Crippen LogP contribution < -0.4 is 10.6 Å². The summed E-state index contributed by atoms with van der Waals surface area (Å²) in [5.41, 5.74) is 3.48. The van der Waals surface area contributed by atoms with E-state index in [9.17, 15) is 14.4 Å². The van der Waals surface area contributed by atoms with Crippen molar-refractivity contribution in [3.63, 3.8) is 0 Å². The van der Waals surface area contributed by atoms with Crippen LogP contribution in [0.15, 0.2) is 116 Å². The second kappa shape index (κ2) is 15.3. The molecule has 230 valence electrons. The van der Waals surface area contributed by atoms with Crippen LogP contribution in [-0.2, 0) is 33.9 Å².